The first-order chi connectivity index (χ1) is 9.65. The number of aromatic nitrogens is 2. The normalized spacial score (nSPS) is 10.1. The molecule has 1 heterocycles. The smallest absolute Gasteiger partial charge is 0.261 e. The van der Waals surface area contributed by atoms with E-state index in [1.807, 2.05) is 37.3 Å². The highest BCUT2D eigenvalue weighted by atomic mass is 16.2. The van der Waals surface area contributed by atoms with E-state index in [2.05, 4.69) is 11.2 Å². The number of nitrogens with zero attached hydrogens (tertiary/aromatic N) is 4. The summed E-state index contributed by atoms with van der Waals surface area (Å²) in [6.07, 6.45) is 1.86. The molecule has 1 aromatic carbocycles. The summed E-state index contributed by atoms with van der Waals surface area (Å²) in [5.74, 6) is -0.128. The van der Waals surface area contributed by atoms with Crippen molar-refractivity contribution in [2.24, 2.45) is 7.05 Å². The van der Waals surface area contributed by atoms with E-state index in [-0.39, 0.29) is 5.91 Å². The Hall–Kier alpha value is -2.61. The Morgan fingerprint density at radius 3 is 2.65 bits per heavy atom. The predicted molar refractivity (Wildman–Crippen MR) is 76.3 cm³/mol. The molecule has 5 nitrogen and oxygen atoms in total. The average Bonchev–Trinajstić information content (AvgIpc) is 2.80. The Balaban J connectivity index is 2.34. The summed E-state index contributed by atoms with van der Waals surface area (Å²) in [5, 5.41) is 12.9. The van der Waals surface area contributed by atoms with Gasteiger partial charge in [-0.25, -0.2) is 0 Å². The highest BCUT2D eigenvalue weighted by molar-refractivity contribution is 6.06. The average molecular weight is 268 g/mol. The van der Waals surface area contributed by atoms with Crippen LogP contribution in [-0.2, 0) is 7.05 Å². The van der Waals surface area contributed by atoms with Gasteiger partial charge in [-0.1, -0.05) is 18.2 Å². The molecule has 0 radical (unpaired) electrons. The van der Waals surface area contributed by atoms with Gasteiger partial charge in [-0.3, -0.25) is 9.48 Å². The van der Waals surface area contributed by atoms with Crippen LogP contribution in [0.5, 0.6) is 0 Å². The maximum atomic E-state index is 12.6. The summed E-state index contributed by atoms with van der Waals surface area (Å²) >= 11 is 0. The minimum absolute atomic E-state index is 0.128. The van der Waals surface area contributed by atoms with Gasteiger partial charge in [-0.2, -0.15) is 10.4 Å². The number of carbonyl (C=O) groups excluding carboxylic acids is 1. The van der Waals surface area contributed by atoms with Gasteiger partial charge in [0.2, 0.25) is 0 Å². The van der Waals surface area contributed by atoms with Crippen molar-refractivity contribution in [3.8, 4) is 6.07 Å². The lowest BCUT2D eigenvalue weighted by Gasteiger charge is -2.21. The fourth-order valence-corrected chi connectivity index (χ4v) is 1.97. The van der Waals surface area contributed by atoms with Crippen LogP contribution in [0.3, 0.4) is 0 Å². The molecule has 0 saturated carbocycles. The molecule has 0 saturated heterocycles. The van der Waals surface area contributed by atoms with Crippen LogP contribution in [0.4, 0.5) is 5.69 Å². The molecule has 0 unspecified atom stereocenters. The number of aryl methyl sites for hydroxylation is 1. The number of benzene rings is 1. The fourth-order valence-electron chi connectivity index (χ4n) is 1.97. The van der Waals surface area contributed by atoms with Crippen LogP contribution in [0.2, 0.25) is 0 Å². The number of amides is 1. The number of hydrogen-bond donors (Lipinski definition) is 0. The SMILES string of the molecule is Cc1c(C(=O)N(CCC#N)c2ccccc2)cnn1C. The first-order valence-corrected chi connectivity index (χ1v) is 6.37. The second kappa shape index (κ2) is 6.02. The van der Waals surface area contributed by atoms with Gasteiger partial charge < -0.3 is 4.90 Å². The molecule has 5 heteroatoms. The molecule has 0 aliphatic rings. The van der Waals surface area contributed by atoms with E-state index in [1.54, 1.807) is 22.8 Å². The van der Waals surface area contributed by atoms with Crippen molar-refractivity contribution in [2.75, 3.05) is 11.4 Å². The summed E-state index contributed by atoms with van der Waals surface area (Å²) in [4.78, 5) is 14.3. The lowest BCUT2D eigenvalue weighted by molar-refractivity contribution is 0.0987. The monoisotopic (exact) mass is 268 g/mol. The Bertz CT molecular complexity index is 640. The molecule has 1 aromatic heterocycles. The third-order valence-electron chi connectivity index (χ3n) is 3.23. The molecule has 1 amide bonds. The van der Waals surface area contributed by atoms with Crippen LogP contribution >= 0.6 is 0 Å². The second-order valence-electron chi connectivity index (χ2n) is 4.47. The molecule has 0 bridgehead atoms. The number of nitriles is 1. The maximum absolute atomic E-state index is 12.6. The molecule has 0 spiro atoms. The van der Waals surface area contributed by atoms with Gasteiger partial charge in [0.1, 0.15) is 0 Å². The zero-order chi connectivity index (χ0) is 14.5. The first kappa shape index (κ1) is 13.8. The van der Waals surface area contributed by atoms with E-state index >= 15 is 0 Å². The topological polar surface area (TPSA) is 61.9 Å². The highest BCUT2D eigenvalue weighted by Gasteiger charge is 2.21. The van der Waals surface area contributed by atoms with Gasteiger partial charge >= 0.3 is 0 Å². The van der Waals surface area contributed by atoms with Crippen molar-refractivity contribution >= 4 is 11.6 Å². The number of anilines is 1. The molecule has 102 valence electrons. The van der Waals surface area contributed by atoms with Crippen LogP contribution in [0, 0.1) is 18.3 Å². The zero-order valence-electron chi connectivity index (χ0n) is 11.6. The number of hydrogen-bond acceptors (Lipinski definition) is 3. The van der Waals surface area contributed by atoms with E-state index in [0.29, 0.717) is 18.5 Å². The van der Waals surface area contributed by atoms with E-state index in [0.717, 1.165) is 11.4 Å². The molecular weight excluding hydrogens is 252 g/mol. The number of carbonyl (C=O) groups is 1. The summed E-state index contributed by atoms with van der Waals surface area (Å²) in [6, 6.07) is 11.4. The third kappa shape index (κ3) is 2.69. The zero-order valence-corrected chi connectivity index (χ0v) is 11.6. The Kier molecular flexibility index (Phi) is 4.16. The Morgan fingerprint density at radius 2 is 2.10 bits per heavy atom. The van der Waals surface area contributed by atoms with E-state index in [1.165, 1.54) is 0 Å². The van der Waals surface area contributed by atoms with E-state index in [9.17, 15) is 4.79 Å². The van der Waals surface area contributed by atoms with Gasteiger partial charge in [0.05, 0.1) is 24.3 Å². The third-order valence-corrected chi connectivity index (χ3v) is 3.23. The molecule has 2 rings (SSSR count). The Morgan fingerprint density at radius 1 is 1.40 bits per heavy atom. The molecule has 0 aliphatic heterocycles. The van der Waals surface area contributed by atoms with Gasteiger partial charge in [0, 0.05) is 25.0 Å². The lowest BCUT2D eigenvalue weighted by Crippen LogP contribution is -2.32. The van der Waals surface area contributed by atoms with Gasteiger partial charge in [0.15, 0.2) is 0 Å². The fraction of sp³-hybridized carbons (Fsp3) is 0.267. The van der Waals surface area contributed by atoms with Gasteiger partial charge in [-0.15, -0.1) is 0 Å². The molecule has 0 fully saturated rings. The Labute approximate surface area is 118 Å². The molecular formula is C15H16N4O. The van der Waals surface area contributed by atoms with Gasteiger partial charge in [-0.05, 0) is 19.1 Å². The van der Waals surface area contributed by atoms with Crippen LogP contribution < -0.4 is 4.90 Å². The lowest BCUT2D eigenvalue weighted by atomic mass is 10.2. The van der Waals surface area contributed by atoms with Crippen molar-refractivity contribution in [3.63, 3.8) is 0 Å². The van der Waals surface area contributed by atoms with Crippen LogP contribution in [0.1, 0.15) is 22.5 Å². The van der Waals surface area contributed by atoms with Crippen molar-refractivity contribution < 1.29 is 4.79 Å². The minimum atomic E-state index is -0.128. The standard InChI is InChI=1S/C15H16N4O/c1-12-14(11-17-18(12)2)15(20)19(10-6-9-16)13-7-4-3-5-8-13/h3-5,7-8,11H,6,10H2,1-2H3. The first-order valence-electron chi connectivity index (χ1n) is 6.37. The molecule has 0 atom stereocenters. The molecule has 20 heavy (non-hydrogen) atoms. The predicted octanol–water partition coefficient (Wildman–Crippen LogP) is 2.29. The van der Waals surface area contributed by atoms with Gasteiger partial charge in [0.25, 0.3) is 5.91 Å². The summed E-state index contributed by atoms with van der Waals surface area (Å²) in [6.45, 7) is 2.22. The largest absolute Gasteiger partial charge is 0.307 e. The van der Waals surface area contributed by atoms with Crippen molar-refractivity contribution in [3.05, 3.63) is 47.8 Å². The van der Waals surface area contributed by atoms with E-state index < -0.39 is 0 Å². The van der Waals surface area contributed by atoms with Crippen LogP contribution in [0.25, 0.3) is 0 Å². The summed E-state index contributed by atoms with van der Waals surface area (Å²) in [7, 11) is 1.80. The number of rotatable bonds is 4. The summed E-state index contributed by atoms with van der Waals surface area (Å²) in [5.41, 5.74) is 2.16. The molecule has 2 aromatic rings. The van der Waals surface area contributed by atoms with Crippen molar-refractivity contribution in [1.82, 2.24) is 9.78 Å². The molecule has 0 aliphatic carbocycles. The van der Waals surface area contributed by atoms with Crippen LogP contribution in [0.15, 0.2) is 36.5 Å². The maximum Gasteiger partial charge on any atom is 0.261 e. The number of para-hydroxylation sites is 1. The summed E-state index contributed by atoms with van der Waals surface area (Å²) < 4.78 is 1.67. The highest BCUT2D eigenvalue weighted by Crippen LogP contribution is 2.18. The second-order valence-corrected chi connectivity index (χ2v) is 4.47. The molecule has 0 N–H and O–H groups in total. The quantitative estimate of drug-likeness (QED) is 0.854. The van der Waals surface area contributed by atoms with Crippen molar-refractivity contribution in [2.45, 2.75) is 13.3 Å². The van der Waals surface area contributed by atoms with Crippen LogP contribution in [-0.4, -0.2) is 22.2 Å². The van der Waals surface area contributed by atoms with Crippen molar-refractivity contribution in [1.29, 1.82) is 5.26 Å². The van der Waals surface area contributed by atoms with E-state index in [4.69, 9.17) is 5.26 Å². The minimum Gasteiger partial charge on any atom is -0.307 e.